The SMILES string of the molecule is COc1cccc(C=NNc2nc(-c3ccc(Cl)cc3)nc3ccccc23)c1. The van der Waals surface area contributed by atoms with Gasteiger partial charge in [-0.25, -0.2) is 9.97 Å². The number of benzene rings is 3. The van der Waals surface area contributed by atoms with E-state index in [1.165, 1.54) is 0 Å². The molecule has 4 rings (SSSR count). The largest absolute Gasteiger partial charge is 0.497 e. The molecule has 1 aromatic heterocycles. The van der Waals surface area contributed by atoms with Crippen LogP contribution in [0.4, 0.5) is 5.82 Å². The summed E-state index contributed by atoms with van der Waals surface area (Å²) in [7, 11) is 1.64. The van der Waals surface area contributed by atoms with Crippen LogP contribution in [0, 0.1) is 0 Å². The molecule has 4 aromatic rings. The lowest BCUT2D eigenvalue weighted by atomic mass is 10.2. The van der Waals surface area contributed by atoms with Gasteiger partial charge in [-0.3, -0.25) is 5.43 Å². The molecular formula is C22H17ClN4O. The number of nitrogens with zero attached hydrogens (tertiary/aromatic N) is 3. The quantitative estimate of drug-likeness (QED) is 0.367. The van der Waals surface area contributed by atoms with E-state index >= 15 is 0 Å². The minimum atomic E-state index is 0.606. The first-order valence-corrected chi connectivity index (χ1v) is 9.06. The molecule has 0 spiro atoms. The molecule has 0 radical (unpaired) electrons. The van der Waals surface area contributed by atoms with E-state index in [0.717, 1.165) is 27.8 Å². The molecule has 0 atom stereocenters. The Hall–Kier alpha value is -3.44. The van der Waals surface area contributed by atoms with Crippen LogP contribution in [-0.2, 0) is 0 Å². The average Bonchev–Trinajstić information content (AvgIpc) is 2.74. The van der Waals surface area contributed by atoms with Gasteiger partial charge >= 0.3 is 0 Å². The molecule has 1 heterocycles. The number of hydrazone groups is 1. The molecule has 0 unspecified atom stereocenters. The molecule has 6 heteroatoms. The Labute approximate surface area is 167 Å². The van der Waals surface area contributed by atoms with Crippen molar-refractivity contribution in [3.63, 3.8) is 0 Å². The van der Waals surface area contributed by atoms with Crippen molar-refractivity contribution in [1.29, 1.82) is 0 Å². The molecule has 0 bridgehead atoms. The fraction of sp³-hybridized carbons (Fsp3) is 0.0455. The second-order valence-electron chi connectivity index (χ2n) is 6.07. The predicted molar refractivity (Wildman–Crippen MR) is 114 cm³/mol. The molecule has 0 aliphatic heterocycles. The van der Waals surface area contributed by atoms with E-state index < -0.39 is 0 Å². The Bertz CT molecular complexity index is 1140. The zero-order valence-corrected chi connectivity index (χ0v) is 15.9. The summed E-state index contributed by atoms with van der Waals surface area (Å²) in [5.41, 5.74) is 5.69. The predicted octanol–water partition coefficient (Wildman–Crippen LogP) is 5.40. The van der Waals surface area contributed by atoms with Crippen LogP contribution in [-0.4, -0.2) is 23.3 Å². The summed E-state index contributed by atoms with van der Waals surface area (Å²) in [5, 5.41) is 5.91. The van der Waals surface area contributed by atoms with Gasteiger partial charge in [-0.1, -0.05) is 35.9 Å². The zero-order chi connectivity index (χ0) is 19.3. The topological polar surface area (TPSA) is 59.4 Å². The van der Waals surface area contributed by atoms with Gasteiger partial charge in [-0.05, 0) is 54.1 Å². The molecule has 3 aromatic carbocycles. The highest BCUT2D eigenvalue weighted by molar-refractivity contribution is 6.30. The summed E-state index contributed by atoms with van der Waals surface area (Å²) in [6, 6.07) is 22.9. The number of rotatable bonds is 5. The Morgan fingerprint density at radius 1 is 0.964 bits per heavy atom. The zero-order valence-electron chi connectivity index (χ0n) is 15.1. The van der Waals surface area contributed by atoms with Gasteiger partial charge in [0.15, 0.2) is 11.6 Å². The van der Waals surface area contributed by atoms with Gasteiger partial charge in [-0.15, -0.1) is 0 Å². The van der Waals surface area contributed by atoms with Gasteiger partial charge in [0.1, 0.15) is 5.75 Å². The monoisotopic (exact) mass is 388 g/mol. The van der Waals surface area contributed by atoms with Crippen LogP contribution in [0.1, 0.15) is 5.56 Å². The number of hydrogen-bond acceptors (Lipinski definition) is 5. The summed E-state index contributed by atoms with van der Waals surface area (Å²) in [5.74, 6) is 2.02. The highest BCUT2D eigenvalue weighted by Crippen LogP contribution is 2.25. The van der Waals surface area contributed by atoms with E-state index in [4.69, 9.17) is 16.3 Å². The van der Waals surface area contributed by atoms with Crippen LogP contribution >= 0.6 is 11.6 Å². The van der Waals surface area contributed by atoms with E-state index in [2.05, 4.69) is 20.5 Å². The van der Waals surface area contributed by atoms with Gasteiger partial charge in [0.25, 0.3) is 0 Å². The molecule has 0 amide bonds. The lowest BCUT2D eigenvalue weighted by molar-refractivity contribution is 0.415. The maximum atomic E-state index is 5.99. The molecule has 0 saturated heterocycles. The van der Waals surface area contributed by atoms with Gasteiger partial charge in [0.05, 0.1) is 18.8 Å². The van der Waals surface area contributed by atoms with Crippen LogP contribution < -0.4 is 10.2 Å². The first-order chi connectivity index (χ1) is 13.7. The normalized spacial score (nSPS) is 11.1. The van der Waals surface area contributed by atoms with E-state index in [1.807, 2.05) is 72.8 Å². The minimum absolute atomic E-state index is 0.606. The van der Waals surface area contributed by atoms with E-state index in [1.54, 1.807) is 13.3 Å². The van der Waals surface area contributed by atoms with Gasteiger partial charge in [0, 0.05) is 16.0 Å². The van der Waals surface area contributed by atoms with Crippen LogP contribution in [0.3, 0.4) is 0 Å². The number of hydrogen-bond donors (Lipinski definition) is 1. The Balaban J connectivity index is 1.68. The number of para-hydroxylation sites is 1. The number of anilines is 1. The molecule has 1 N–H and O–H groups in total. The summed E-state index contributed by atoms with van der Waals surface area (Å²) >= 11 is 5.99. The van der Waals surface area contributed by atoms with E-state index in [0.29, 0.717) is 16.7 Å². The molecule has 0 fully saturated rings. The average molecular weight is 389 g/mol. The van der Waals surface area contributed by atoms with Crippen LogP contribution in [0.5, 0.6) is 5.75 Å². The standard InChI is InChI=1S/C22H17ClN4O/c1-28-18-6-4-5-15(13-18)14-24-27-22-19-7-2-3-8-20(19)25-21(26-22)16-9-11-17(23)12-10-16/h2-14H,1H3,(H,25,26,27). The molecular weight excluding hydrogens is 372 g/mol. The Kier molecular flexibility index (Phi) is 5.17. The van der Waals surface area contributed by atoms with Gasteiger partial charge in [0.2, 0.25) is 0 Å². The highest BCUT2D eigenvalue weighted by Gasteiger charge is 2.09. The van der Waals surface area contributed by atoms with Crippen LogP contribution in [0.25, 0.3) is 22.3 Å². The minimum Gasteiger partial charge on any atom is -0.497 e. The van der Waals surface area contributed by atoms with Crippen molar-refractivity contribution in [3.05, 3.63) is 83.4 Å². The van der Waals surface area contributed by atoms with Crippen molar-refractivity contribution in [2.45, 2.75) is 0 Å². The second-order valence-corrected chi connectivity index (χ2v) is 6.50. The van der Waals surface area contributed by atoms with Crippen molar-refractivity contribution in [1.82, 2.24) is 9.97 Å². The lowest BCUT2D eigenvalue weighted by Gasteiger charge is -2.08. The summed E-state index contributed by atoms with van der Waals surface area (Å²) in [6.45, 7) is 0. The molecule has 0 aliphatic carbocycles. The maximum absolute atomic E-state index is 5.99. The molecule has 138 valence electrons. The number of ether oxygens (including phenoxy) is 1. The van der Waals surface area contributed by atoms with Crippen LogP contribution in [0.15, 0.2) is 77.9 Å². The number of fused-ring (bicyclic) bond motifs is 1. The number of nitrogens with one attached hydrogen (secondary N) is 1. The Morgan fingerprint density at radius 3 is 2.61 bits per heavy atom. The highest BCUT2D eigenvalue weighted by atomic mass is 35.5. The van der Waals surface area contributed by atoms with Crippen molar-refractivity contribution in [3.8, 4) is 17.1 Å². The second kappa shape index (κ2) is 8.06. The van der Waals surface area contributed by atoms with Crippen molar-refractivity contribution < 1.29 is 4.74 Å². The van der Waals surface area contributed by atoms with Crippen molar-refractivity contribution in [2.24, 2.45) is 5.10 Å². The number of halogens is 1. The molecule has 0 aliphatic rings. The first kappa shape index (κ1) is 17.9. The van der Waals surface area contributed by atoms with E-state index in [-0.39, 0.29) is 0 Å². The van der Waals surface area contributed by atoms with E-state index in [9.17, 15) is 0 Å². The molecule has 28 heavy (non-hydrogen) atoms. The third-order valence-electron chi connectivity index (χ3n) is 4.18. The fourth-order valence-electron chi connectivity index (χ4n) is 2.78. The first-order valence-electron chi connectivity index (χ1n) is 8.69. The lowest BCUT2D eigenvalue weighted by Crippen LogP contribution is -1.99. The maximum Gasteiger partial charge on any atom is 0.162 e. The molecule has 0 saturated carbocycles. The van der Waals surface area contributed by atoms with Crippen molar-refractivity contribution >= 4 is 34.5 Å². The fourth-order valence-corrected chi connectivity index (χ4v) is 2.91. The summed E-state index contributed by atoms with van der Waals surface area (Å²) in [4.78, 5) is 9.32. The number of methoxy groups -OCH3 is 1. The van der Waals surface area contributed by atoms with Crippen molar-refractivity contribution in [2.75, 3.05) is 12.5 Å². The molecule has 5 nitrogen and oxygen atoms in total. The summed E-state index contributed by atoms with van der Waals surface area (Å²) < 4.78 is 5.24. The Morgan fingerprint density at radius 2 is 1.79 bits per heavy atom. The third-order valence-corrected chi connectivity index (χ3v) is 4.44. The third kappa shape index (κ3) is 3.94. The number of aromatic nitrogens is 2. The van der Waals surface area contributed by atoms with Gasteiger partial charge in [-0.2, -0.15) is 5.10 Å². The smallest absolute Gasteiger partial charge is 0.162 e. The van der Waals surface area contributed by atoms with Crippen LogP contribution in [0.2, 0.25) is 5.02 Å². The van der Waals surface area contributed by atoms with Gasteiger partial charge < -0.3 is 4.74 Å². The summed E-state index contributed by atoms with van der Waals surface area (Å²) in [6.07, 6.45) is 1.72.